The van der Waals surface area contributed by atoms with E-state index >= 15 is 0 Å². The summed E-state index contributed by atoms with van der Waals surface area (Å²) in [5.74, 6) is 0. The minimum atomic E-state index is -0.255. The van der Waals surface area contributed by atoms with Crippen LogP contribution in [0.5, 0.6) is 0 Å². The molecular formula is C13H17BrN2O. The summed E-state index contributed by atoms with van der Waals surface area (Å²) in [6, 6.07) is 0.260. The molecule has 1 fully saturated rings. The van der Waals surface area contributed by atoms with Crippen LogP contribution in [0, 0.1) is 0 Å². The molecule has 0 radical (unpaired) electrons. The molecule has 92 valence electrons. The number of halogens is 1. The monoisotopic (exact) mass is 296 g/mol. The first-order chi connectivity index (χ1) is 8.22. The average Bonchev–Trinajstić information content (AvgIpc) is 2.69. The first kappa shape index (κ1) is 12.6. The second-order valence-electron chi connectivity index (χ2n) is 4.28. The third-order valence-corrected chi connectivity index (χ3v) is 3.71. The van der Waals surface area contributed by atoms with Crippen LogP contribution in [0.3, 0.4) is 0 Å². The summed E-state index contributed by atoms with van der Waals surface area (Å²) in [5, 5.41) is 4.33. The molecule has 1 aliphatic carbocycles. The highest BCUT2D eigenvalue weighted by Crippen LogP contribution is 2.46. The molecule has 1 aromatic heterocycles. The molecule has 0 amide bonds. The van der Waals surface area contributed by atoms with Gasteiger partial charge in [-0.1, -0.05) is 12.2 Å². The molecule has 0 aliphatic heterocycles. The normalized spacial score (nSPS) is 27.5. The smallest absolute Gasteiger partial charge is 0.108 e. The second kappa shape index (κ2) is 5.19. The lowest BCUT2D eigenvalue weighted by Gasteiger charge is -2.47. The zero-order chi connectivity index (χ0) is 12.3. The molecule has 0 saturated heterocycles. The largest absolute Gasteiger partial charge is 0.368 e. The quantitative estimate of drug-likeness (QED) is 0.593. The number of hydrogen-bond donors (Lipinski definition) is 0. The molecule has 0 bridgehead atoms. The van der Waals surface area contributed by atoms with Gasteiger partial charge < -0.3 is 4.74 Å². The van der Waals surface area contributed by atoms with Gasteiger partial charge in [-0.15, -0.1) is 13.2 Å². The molecule has 1 saturated carbocycles. The number of rotatable bonds is 6. The van der Waals surface area contributed by atoms with Crippen LogP contribution in [0.1, 0.15) is 25.3 Å². The van der Waals surface area contributed by atoms with Gasteiger partial charge in [0.25, 0.3) is 0 Å². The van der Waals surface area contributed by atoms with Gasteiger partial charge in [-0.3, -0.25) is 4.68 Å². The molecule has 0 aromatic carbocycles. The molecular weight excluding hydrogens is 280 g/mol. The van der Waals surface area contributed by atoms with Gasteiger partial charge in [0, 0.05) is 6.20 Å². The van der Waals surface area contributed by atoms with Crippen LogP contribution in [0.4, 0.5) is 0 Å². The third-order valence-electron chi connectivity index (χ3n) is 3.30. The number of aromatic nitrogens is 2. The molecule has 1 aliphatic rings. The number of nitrogens with zero attached hydrogens (tertiary/aromatic N) is 2. The van der Waals surface area contributed by atoms with Gasteiger partial charge in [0.2, 0.25) is 0 Å². The Hall–Kier alpha value is -0.870. The lowest BCUT2D eigenvalue weighted by Crippen LogP contribution is -2.49. The van der Waals surface area contributed by atoms with E-state index in [4.69, 9.17) is 4.74 Å². The van der Waals surface area contributed by atoms with E-state index in [9.17, 15) is 0 Å². The molecule has 0 unspecified atom stereocenters. The van der Waals surface area contributed by atoms with Crippen LogP contribution < -0.4 is 0 Å². The highest BCUT2D eigenvalue weighted by Gasteiger charge is 2.47. The number of hydrogen-bond acceptors (Lipinski definition) is 2. The Bertz CT molecular complexity index is 415. The van der Waals surface area contributed by atoms with Crippen molar-refractivity contribution < 1.29 is 4.74 Å². The SMILES string of the molecule is C=CCCO[C@]1(C=C)CC[C@H]1n1cc(Br)cn1. The van der Waals surface area contributed by atoms with Crippen molar-refractivity contribution in [3.63, 3.8) is 0 Å². The molecule has 1 aromatic rings. The predicted molar refractivity (Wildman–Crippen MR) is 71.9 cm³/mol. The van der Waals surface area contributed by atoms with Crippen LogP contribution in [-0.2, 0) is 4.74 Å². The van der Waals surface area contributed by atoms with E-state index in [1.54, 1.807) is 6.20 Å². The lowest BCUT2D eigenvalue weighted by molar-refractivity contribution is -0.105. The van der Waals surface area contributed by atoms with Gasteiger partial charge in [0.15, 0.2) is 0 Å². The summed E-state index contributed by atoms with van der Waals surface area (Å²) >= 11 is 3.41. The highest BCUT2D eigenvalue weighted by atomic mass is 79.9. The van der Waals surface area contributed by atoms with E-state index in [0.29, 0.717) is 6.61 Å². The Labute approximate surface area is 110 Å². The summed E-state index contributed by atoms with van der Waals surface area (Å²) in [6.45, 7) is 8.30. The summed E-state index contributed by atoms with van der Waals surface area (Å²) in [7, 11) is 0. The standard InChI is InChI=1S/C13H17BrN2O/c1-3-5-8-17-13(4-2)7-6-12(13)16-10-11(14)9-15-16/h3-4,9-10,12H,1-2,5-8H2/t12-,13-/m1/s1. The summed E-state index contributed by atoms with van der Waals surface area (Å²) < 4.78 is 8.92. The minimum absolute atomic E-state index is 0.255. The van der Waals surface area contributed by atoms with Crippen LogP contribution in [0.25, 0.3) is 0 Å². The molecule has 3 nitrogen and oxygen atoms in total. The van der Waals surface area contributed by atoms with E-state index in [-0.39, 0.29) is 11.6 Å². The zero-order valence-electron chi connectivity index (χ0n) is 9.81. The van der Waals surface area contributed by atoms with E-state index in [1.807, 2.05) is 23.0 Å². The molecule has 1 heterocycles. The van der Waals surface area contributed by atoms with Crippen molar-refractivity contribution in [1.82, 2.24) is 9.78 Å². The van der Waals surface area contributed by atoms with E-state index in [1.165, 1.54) is 0 Å². The van der Waals surface area contributed by atoms with Gasteiger partial charge in [-0.2, -0.15) is 5.10 Å². The fourth-order valence-corrected chi connectivity index (χ4v) is 2.50. The van der Waals surface area contributed by atoms with Crippen molar-refractivity contribution >= 4 is 15.9 Å². The van der Waals surface area contributed by atoms with Crippen LogP contribution in [0.15, 0.2) is 42.2 Å². The van der Waals surface area contributed by atoms with E-state index in [0.717, 1.165) is 23.7 Å². The Morgan fingerprint density at radius 3 is 2.94 bits per heavy atom. The Balaban J connectivity index is 2.07. The molecule has 2 atom stereocenters. The molecule has 4 heteroatoms. The maximum Gasteiger partial charge on any atom is 0.108 e. The third kappa shape index (κ3) is 2.38. The Morgan fingerprint density at radius 1 is 1.65 bits per heavy atom. The van der Waals surface area contributed by atoms with Crippen LogP contribution in [-0.4, -0.2) is 22.0 Å². The van der Waals surface area contributed by atoms with Crippen molar-refractivity contribution in [2.45, 2.75) is 30.9 Å². The minimum Gasteiger partial charge on any atom is -0.368 e. The first-order valence-electron chi connectivity index (χ1n) is 5.80. The highest BCUT2D eigenvalue weighted by molar-refractivity contribution is 9.10. The topological polar surface area (TPSA) is 27.1 Å². The van der Waals surface area contributed by atoms with Gasteiger partial charge >= 0.3 is 0 Å². The lowest BCUT2D eigenvalue weighted by atomic mass is 9.74. The molecule has 0 spiro atoms. The maximum absolute atomic E-state index is 5.97. The molecule has 0 N–H and O–H groups in total. The van der Waals surface area contributed by atoms with Crippen LogP contribution >= 0.6 is 15.9 Å². The van der Waals surface area contributed by atoms with Crippen molar-refractivity contribution in [2.24, 2.45) is 0 Å². The maximum atomic E-state index is 5.97. The summed E-state index contributed by atoms with van der Waals surface area (Å²) in [4.78, 5) is 0. The summed E-state index contributed by atoms with van der Waals surface area (Å²) in [5.41, 5.74) is -0.255. The number of ether oxygens (including phenoxy) is 1. The van der Waals surface area contributed by atoms with Crippen LogP contribution in [0.2, 0.25) is 0 Å². The Kier molecular flexibility index (Phi) is 3.84. The molecule has 17 heavy (non-hydrogen) atoms. The second-order valence-corrected chi connectivity index (χ2v) is 5.19. The fraction of sp³-hybridized carbons (Fsp3) is 0.462. The molecule has 2 rings (SSSR count). The van der Waals surface area contributed by atoms with E-state index < -0.39 is 0 Å². The predicted octanol–water partition coefficient (Wildman–Crippen LogP) is 3.50. The van der Waals surface area contributed by atoms with E-state index in [2.05, 4.69) is 34.2 Å². The fourth-order valence-electron chi connectivity index (χ4n) is 2.20. The first-order valence-corrected chi connectivity index (χ1v) is 6.59. The van der Waals surface area contributed by atoms with Crippen molar-refractivity contribution in [1.29, 1.82) is 0 Å². The summed E-state index contributed by atoms with van der Waals surface area (Å²) in [6.07, 6.45) is 10.5. The van der Waals surface area contributed by atoms with Crippen molar-refractivity contribution in [3.05, 3.63) is 42.2 Å². The van der Waals surface area contributed by atoms with Crippen molar-refractivity contribution in [2.75, 3.05) is 6.61 Å². The zero-order valence-corrected chi connectivity index (χ0v) is 11.4. The van der Waals surface area contributed by atoms with Crippen molar-refractivity contribution in [3.8, 4) is 0 Å². The average molecular weight is 297 g/mol. The van der Waals surface area contributed by atoms with Gasteiger partial charge in [0.05, 0.1) is 23.3 Å². The van der Waals surface area contributed by atoms with Gasteiger partial charge in [-0.25, -0.2) is 0 Å². The van der Waals surface area contributed by atoms with Gasteiger partial charge in [0.1, 0.15) is 5.60 Å². The van der Waals surface area contributed by atoms with Gasteiger partial charge in [-0.05, 0) is 35.2 Å². The Morgan fingerprint density at radius 2 is 2.47 bits per heavy atom.